The first-order chi connectivity index (χ1) is 8.24. The van der Waals surface area contributed by atoms with E-state index >= 15 is 0 Å². The van der Waals surface area contributed by atoms with E-state index in [1.54, 1.807) is 13.0 Å². The van der Waals surface area contributed by atoms with Gasteiger partial charge in [0.25, 0.3) is 0 Å². The second-order valence-electron chi connectivity index (χ2n) is 4.59. The Balaban J connectivity index is 1.70. The Morgan fingerprint density at radius 2 is 2.24 bits per heavy atom. The molecule has 0 unspecified atom stereocenters. The summed E-state index contributed by atoms with van der Waals surface area (Å²) in [4.78, 5) is 11.6. The third kappa shape index (κ3) is 3.85. The zero-order valence-electron chi connectivity index (χ0n) is 10.2. The van der Waals surface area contributed by atoms with Gasteiger partial charge in [-0.1, -0.05) is 24.4 Å². The molecule has 1 aliphatic rings. The number of nitrogens with one attached hydrogen (secondary N) is 2. The Morgan fingerprint density at radius 1 is 1.47 bits per heavy atom. The van der Waals surface area contributed by atoms with Crippen molar-refractivity contribution in [2.45, 2.75) is 45.1 Å². The summed E-state index contributed by atoms with van der Waals surface area (Å²) in [5, 5.41) is 9.69. The van der Waals surface area contributed by atoms with E-state index in [0.29, 0.717) is 24.2 Å². The van der Waals surface area contributed by atoms with Crippen LogP contribution in [0.25, 0.3) is 0 Å². The molecule has 17 heavy (non-hydrogen) atoms. The Bertz CT molecular complexity index is 370. The maximum absolute atomic E-state index is 11.6. The van der Waals surface area contributed by atoms with Gasteiger partial charge < -0.3 is 15.2 Å². The second kappa shape index (κ2) is 5.82. The number of aryl methyl sites for hydroxylation is 1. The number of hydrogen-bond donors (Lipinski definition) is 2. The first-order valence-corrected chi connectivity index (χ1v) is 6.20. The number of aromatic nitrogens is 1. The van der Waals surface area contributed by atoms with Gasteiger partial charge in [-0.15, -0.1) is 0 Å². The molecule has 1 saturated carbocycles. The fraction of sp³-hybridized carbons (Fsp3) is 0.667. The standard InChI is InChI=1S/C12H19N3O2/c1-9-7-11(15-17-9)14-12(16)8-13-10-5-3-2-4-6-10/h7,10,13H,2-6,8H2,1H3,(H,14,15,16). The molecule has 1 amide bonds. The van der Waals surface area contributed by atoms with E-state index in [2.05, 4.69) is 15.8 Å². The van der Waals surface area contributed by atoms with Gasteiger partial charge in [0.15, 0.2) is 5.82 Å². The van der Waals surface area contributed by atoms with Crippen molar-refractivity contribution in [3.05, 3.63) is 11.8 Å². The molecular weight excluding hydrogens is 218 g/mol. The van der Waals surface area contributed by atoms with Crippen LogP contribution >= 0.6 is 0 Å². The highest BCUT2D eigenvalue weighted by Crippen LogP contribution is 2.17. The molecule has 0 saturated heterocycles. The number of rotatable bonds is 4. The number of amides is 1. The lowest BCUT2D eigenvalue weighted by Crippen LogP contribution is -2.37. The molecule has 0 spiro atoms. The third-order valence-corrected chi connectivity index (χ3v) is 3.05. The van der Waals surface area contributed by atoms with Crippen molar-refractivity contribution in [3.63, 3.8) is 0 Å². The van der Waals surface area contributed by atoms with Gasteiger partial charge in [-0.3, -0.25) is 4.79 Å². The maximum atomic E-state index is 11.6. The molecule has 0 atom stereocenters. The monoisotopic (exact) mass is 237 g/mol. The summed E-state index contributed by atoms with van der Waals surface area (Å²) in [6.07, 6.45) is 6.21. The largest absolute Gasteiger partial charge is 0.360 e. The molecule has 1 aromatic heterocycles. The zero-order valence-corrected chi connectivity index (χ0v) is 10.2. The first kappa shape index (κ1) is 12.1. The van der Waals surface area contributed by atoms with Crippen molar-refractivity contribution in [2.75, 3.05) is 11.9 Å². The van der Waals surface area contributed by atoms with Gasteiger partial charge in [-0.05, 0) is 19.8 Å². The number of hydrogen-bond acceptors (Lipinski definition) is 4. The minimum atomic E-state index is -0.0659. The quantitative estimate of drug-likeness (QED) is 0.838. The number of anilines is 1. The Morgan fingerprint density at radius 3 is 2.88 bits per heavy atom. The van der Waals surface area contributed by atoms with Crippen LogP contribution in [0, 0.1) is 6.92 Å². The molecule has 2 rings (SSSR count). The van der Waals surface area contributed by atoms with Crippen molar-refractivity contribution in [1.82, 2.24) is 10.5 Å². The molecule has 0 radical (unpaired) electrons. The molecule has 1 aromatic rings. The van der Waals surface area contributed by atoms with Gasteiger partial charge >= 0.3 is 0 Å². The summed E-state index contributed by atoms with van der Waals surface area (Å²) in [7, 11) is 0. The highest BCUT2D eigenvalue weighted by molar-refractivity contribution is 5.91. The third-order valence-electron chi connectivity index (χ3n) is 3.05. The van der Waals surface area contributed by atoms with Crippen molar-refractivity contribution in [2.24, 2.45) is 0 Å². The van der Waals surface area contributed by atoms with Crippen LogP contribution in [0.4, 0.5) is 5.82 Å². The van der Waals surface area contributed by atoms with Crippen LogP contribution in [-0.4, -0.2) is 23.7 Å². The molecule has 1 fully saturated rings. The predicted octanol–water partition coefficient (Wildman–Crippen LogP) is 1.84. The lowest BCUT2D eigenvalue weighted by atomic mass is 9.95. The summed E-state index contributed by atoms with van der Waals surface area (Å²) >= 11 is 0. The van der Waals surface area contributed by atoms with Gasteiger partial charge in [0.1, 0.15) is 5.76 Å². The maximum Gasteiger partial charge on any atom is 0.239 e. The van der Waals surface area contributed by atoms with Crippen LogP contribution in [0.2, 0.25) is 0 Å². The Labute approximate surface area is 101 Å². The topological polar surface area (TPSA) is 67.2 Å². The van der Waals surface area contributed by atoms with E-state index < -0.39 is 0 Å². The minimum absolute atomic E-state index is 0.0659. The van der Waals surface area contributed by atoms with E-state index in [1.165, 1.54) is 32.1 Å². The smallest absolute Gasteiger partial charge is 0.239 e. The summed E-state index contributed by atoms with van der Waals surface area (Å²) < 4.78 is 4.87. The van der Waals surface area contributed by atoms with Crippen molar-refractivity contribution in [1.29, 1.82) is 0 Å². The average molecular weight is 237 g/mol. The molecule has 0 aliphatic heterocycles. The van der Waals surface area contributed by atoms with Crippen LogP contribution < -0.4 is 10.6 Å². The molecule has 2 N–H and O–H groups in total. The van der Waals surface area contributed by atoms with Gasteiger partial charge in [-0.2, -0.15) is 0 Å². The van der Waals surface area contributed by atoms with E-state index in [-0.39, 0.29) is 5.91 Å². The number of carbonyl (C=O) groups excluding carboxylic acids is 1. The first-order valence-electron chi connectivity index (χ1n) is 6.20. The average Bonchev–Trinajstić information content (AvgIpc) is 2.73. The SMILES string of the molecule is Cc1cc(NC(=O)CNC2CCCCC2)no1. The lowest BCUT2D eigenvalue weighted by Gasteiger charge is -2.22. The highest BCUT2D eigenvalue weighted by atomic mass is 16.5. The van der Waals surface area contributed by atoms with E-state index in [9.17, 15) is 4.79 Å². The number of nitrogens with zero attached hydrogens (tertiary/aromatic N) is 1. The van der Waals surface area contributed by atoms with Crippen LogP contribution in [0.5, 0.6) is 0 Å². The van der Waals surface area contributed by atoms with Crippen LogP contribution in [0.15, 0.2) is 10.6 Å². The van der Waals surface area contributed by atoms with Crippen LogP contribution in [0.1, 0.15) is 37.9 Å². The summed E-state index contributed by atoms with van der Waals surface area (Å²) in [5.41, 5.74) is 0. The van der Waals surface area contributed by atoms with Gasteiger partial charge in [-0.25, -0.2) is 0 Å². The van der Waals surface area contributed by atoms with E-state index in [0.717, 1.165) is 0 Å². The minimum Gasteiger partial charge on any atom is -0.360 e. The molecule has 1 aliphatic carbocycles. The lowest BCUT2D eigenvalue weighted by molar-refractivity contribution is -0.115. The van der Waals surface area contributed by atoms with Crippen molar-refractivity contribution in [3.8, 4) is 0 Å². The summed E-state index contributed by atoms with van der Waals surface area (Å²) in [5.74, 6) is 1.11. The van der Waals surface area contributed by atoms with Crippen LogP contribution in [0.3, 0.4) is 0 Å². The van der Waals surface area contributed by atoms with Crippen molar-refractivity contribution < 1.29 is 9.32 Å². The fourth-order valence-electron chi connectivity index (χ4n) is 2.16. The fourth-order valence-corrected chi connectivity index (χ4v) is 2.16. The van der Waals surface area contributed by atoms with Crippen molar-refractivity contribution >= 4 is 11.7 Å². The molecular formula is C12H19N3O2. The summed E-state index contributed by atoms with van der Waals surface area (Å²) in [6.45, 7) is 2.14. The Hall–Kier alpha value is -1.36. The van der Waals surface area contributed by atoms with Crippen LogP contribution in [-0.2, 0) is 4.79 Å². The van der Waals surface area contributed by atoms with Gasteiger partial charge in [0.2, 0.25) is 5.91 Å². The molecule has 1 heterocycles. The van der Waals surface area contributed by atoms with E-state index in [4.69, 9.17) is 4.52 Å². The molecule has 94 valence electrons. The normalized spacial score (nSPS) is 17.0. The molecule has 0 aromatic carbocycles. The Kier molecular flexibility index (Phi) is 4.14. The molecule has 5 heteroatoms. The molecule has 5 nitrogen and oxygen atoms in total. The highest BCUT2D eigenvalue weighted by Gasteiger charge is 2.14. The van der Waals surface area contributed by atoms with Gasteiger partial charge in [0, 0.05) is 12.1 Å². The zero-order chi connectivity index (χ0) is 12.1. The van der Waals surface area contributed by atoms with E-state index in [1.807, 2.05) is 0 Å². The predicted molar refractivity (Wildman–Crippen MR) is 64.7 cm³/mol. The summed E-state index contributed by atoms with van der Waals surface area (Å²) in [6, 6.07) is 2.20. The molecule has 0 bridgehead atoms. The number of carbonyl (C=O) groups is 1. The second-order valence-corrected chi connectivity index (χ2v) is 4.59. The van der Waals surface area contributed by atoms with Gasteiger partial charge in [0.05, 0.1) is 6.54 Å².